The summed E-state index contributed by atoms with van der Waals surface area (Å²) in [6.45, 7) is 1.95. The van der Waals surface area contributed by atoms with Gasteiger partial charge in [0.1, 0.15) is 5.82 Å². The number of hydrogen-bond donors (Lipinski definition) is 1. The van der Waals surface area contributed by atoms with Crippen LogP contribution in [0.25, 0.3) is 0 Å². The molecule has 0 fully saturated rings. The second-order valence-electron chi connectivity index (χ2n) is 4.33. The minimum absolute atomic E-state index is 0.0269. The Morgan fingerprint density at radius 1 is 1.47 bits per heavy atom. The Morgan fingerprint density at radius 2 is 2.26 bits per heavy atom. The number of carbonyl (C=O) groups is 1. The number of nitrogens with one attached hydrogen (secondary N) is 1. The molecule has 2 nitrogen and oxygen atoms in total. The van der Waals surface area contributed by atoms with E-state index < -0.39 is 0 Å². The van der Waals surface area contributed by atoms with Crippen LogP contribution in [0.1, 0.15) is 22.8 Å². The lowest BCUT2D eigenvalue weighted by atomic mass is 10.1. The quantitative estimate of drug-likeness (QED) is 0.894. The van der Waals surface area contributed by atoms with Gasteiger partial charge in [-0.25, -0.2) is 4.39 Å². The number of thiophene rings is 1. The van der Waals surface area contributed by atoms with E-state index >= 15 is 0 Å². The maximum absolute atomic E-state index is 13.0. The molecule has 1 aromatic heterocycles. The summed E-state index contributed by atoms with van der Waals surface area (Å²) >= 11 is 4.84. The van der Waals surface area contributed by atoms with Gasteiger partial charge in [-0.1, -0.05) is 0 Å². The largest absolute Gasteiger partial charge is 0.349 e. The van der Waals surface area contributed by atoms with Gasteiger partial charge in [-0.05, 0) is 69.9 Å². The van der Waals surface area contributed by atoms with Crippen LogP contribution in [0.15, 0.2) is 39.5 Å². The van der Waals surface area contributed by atoms with Gasteiger partial charge in [-0.3, -0.25) is 4.79 Å². The molecule has 2 rings (SSSR count). The number of benzene rings is 1. The van der Waals surface area contributed by atoms with Crippen LogP contribution < -0.4 is 5.32 Å². The van der Waals surface area contributed by atoms with Gasteiger partial charge in [0.05, 0.1) is 5.56 Å². The smallest absolute Gasteiger partial charge is 0.252 e. The fraction of sp³-hybridized carbons (Fsp3) is 0.214. The molecule has 0 aliphatic heterocycles. The number of halogens is 2. The summed E-state index contributed by atoms with van der Waals surface area (Å²) in [5.74, 6) is -0.565. The monoisotopic (exact) mass is 341 g/mol. The predicted molar refractivity (Wildman–Crippen MR) is 79.1 cm³/mol. The Bertz CT molecular complexity index is 571. The third-order valence-corrected chi connectivity index (χ3v) is 4.06. The van der Waals surface area contributed by atoms with E-state index in [1.54, 1.807) is 11.3 Å². The van der Waals surface area contributed by atoms with E-state index in [1.165, 1.54) is 23.8 Å². The average Bonchev–Trinajstić information content (AvgIpc) is 2.81. The molecule has 0 spiro atoms. The maximum Gasteiger partial charge on any atom is 0.252 e. The molecule has 19 heavy (non-hydrogen) atoms. The van der Waals surface area contributed by atoms with Gasteiger partial charge in [0.15, 0.2) is 0 Å². The molecule has 0 radical (unpaired) electrons. The van der Waals surface area contributed by atoms with Crippen molar-refractivity contribution >= 4 is 33.2 Å². The molecule has 5 heteroatoms. The standard InChI is InChI=1S/C14H13BrFNOS/c1-9(6-10-4-5-19-8-10)17-14(18)12-3-2-11(16)7-13(12)15/h2-5,7-9H,6H2,1H3,(H,17,18). The molecule has 0 bridgehead atoms. The van der Waals surface area contributed by atoms with E-state index in [0.29, 0.717) is 10.0 Å². The molecular weight excluding hydrogens is 329 g/mol. The second-order valence-corrected chi connectivity index (χ2v) is 5.97. The molecule has 1 heterocycles. The highest BCUT2D eigenvalue weighted by molar-refractivity contribution is 9.10. The molecule has 1 atom stereocenters. The van der Waals surface area contributed by atoms with Crippen LogP contribution in [0.2, 0.25) is 0 Å². The van der Waals surface area contributed by atoms with Crippen LogP contribution in [0.5, 0.6) is 0 Å². The summed E-state index contributed by atoms with van der Waals surface area (Å²) in [5.41, 5.74) is 1.65. The first-order chi connectivity index (χ1) is 9.06. The molecular formula is C14H13BrFNOS. The van der Waals surface area contributed by atoms with Gasteiger partial charge in [0.25, 0.3) is 5.91 Å². The van der Waals surface area contributed by atoms with Gasteiger partial charge in [0, 0.05) is 10.5 Å². The van der Waals surface area contributed by atoms with E-state index in [0.717, 1.165) is 6.42 Å². The summed E-state index contributed by atoms with van der Waals surface area (Å²) in [7, 11) is 0. The number of amides is 1. The first-order valence-electron chi connectivity index (χ1n) is 5.83. The van der Waals surface area contributed by atoms with Crippen LogP contribution in [0, 0.1) is 5.82 Å². The van der Waals surface area contributed by atoms with E-state index in [4.69, 9.17) is 0 Å². The molecule has 0 saturated carbocycles. The topological polar surface area (TPSA) is 29.1 Å². The van der Waals surface area contributed by atoms with Crippen LogP contribution in [-0.2, 0) is 6.42 Å². The summed E-state index contributed by atoms with van der Waals surface area (Å²) in [6, 6.07) is 6.12. The summed E-state index contributed by atoms with van der Waals surface area (Å²) in [5, 5.41) is 6.99. The van der Waals surface area contributed by atoms with Gasteiger partial charge >= 0.3 is 0 Å². The van der Waals surface area contributed by atoms with Crippen molar-refractivity contribution in [2.45, 2.75) is 19.4 Å². The lowest BCUT2D eigenvalue weighted by molar-refractivity contribution is 0.0939. The maximum atomic E-state index is 13.0. The van der Waals surface area contributed by atoms with Crippen LogP contribution in [0.3, 0.4) is 0 Å². The highest BCUT2D eigenvalue weighted by Gasteiger charge is 2.13. The third kappa shape index (κ3) is 3.88. The normalized spacial score (nSPS) is 12.2. The Kier molecular flexibility index (Phi) is 4.71. The Labute approximate surface area is 123 Å². The number of hydrogen-bond acceptors (Lipinski definition) is 2. The zero-order chi connectivity index (χ0) is 13.8. The van der Waals surface area contributed by atoms with Gasteiger partial charge in [-0.2, -0.15) is 11.3 Å². The van der Waals surface area contributed by atoms with Crippen LogP contribution in [-0.4, -0.2) is 11.9 Å². The van der Waals surface area contributed by atoms with Gasteiger partial charge in [-0.15, -0.1) is 0 Å². The molecule has 1 unspecified atom stereocenters. The first-order valence-corrected chi connectivity index (χ1v) is 7.57. The van der Waals surface area contributed by atoms with Gasteiger partial charge < -0.3 is 5.32 Å². The Hall–Kier alpha value is -1.20. The van der Waals surface area contributed by atoms with E-state index in [-0.39, 0.29) is 17.8 Å². The summed E-state index contributed by atoms with van der Waals surface area (Å²) in [4.78, 5) is 12.1. The van der Waals surface area contributed by atoms with Crippen molar-refractivity contribution in [1.29, 1.82) is 0 Å². The third-order valence-electron chi connectivity index (χ3n) is 2.68. The van der Waals surface area contributed by atoms with Crippen molar-refractivity contribution in [1.82, 2.24) is 5.32 Å². The lowest BCUT2D eigenvalue weighted by Crippen LogP contribution is -2.34. The van der Waals surface area contributed by atoms with Crippen molar-refractivity contribution in [3.05, 3.63) is 56.4 Å². The van der Waals surface area contributed by atoms with Gasteiger partial charge in [0.2, 0.25) is 0 Å². The van der Waals surface area contributed by atoms with Crippen molar-refractivity contribution < 1.29 is 9.18 Å². The summed E-state index contributed by atoms with van der Waals surface area (Å²) < 4.78 is 13.4. The Balaban J connectivity index is 2.00. The molecule has 1 amide bonds. The van der Waals surface area contributed by atoms with E-state index in [1.807, 2.05) is 18.4 Å². The molecule has 100 valence electrons. The molecule has 0 saturated heterocycles. The second kappa shape index (κ2) is 6.30. The van der Waals surface area contributed by atoms with E-state index in [9.17, 15) is 9.18 Å². The lowest BCUT2D eigenvalue weighted by Gasteiger charge is -2.14. The van der Waals surface area contributed by atoms with Crippen LogP contribution in [0.4, 0.5) is 4.39 Å². The minimum Gasteiger partial charge on any atom is -0.349 e. The van der Waals surface area contributed by atoms with Crippen molar-refractivity contribution in [2.75, 3.05) is 0 Å². The fourth-order valence-electron chi connectivity index (χ4n) is 1.79. The Morgan fingerprint density at radius 3 is 2.89 bits per heavy atom. The molecule has 1 aromatic carbocycles. The van der Waals surface area contributed by atoms with E-state index in [2.05, 4.69) is 26.6 Å². The van der Waals surface area contributed by atoms with Crippen molar-refractivity contribution in [2.24, 2.45) is 0 Å². The zero-order valence-corrected chi connectivity index (χ0v) is 12.7. The van der Waals surface area contributed by atoms with Crippen LogP contribution >= 0.6 is 27.3 Å². The summed E-state index contributed by atoms with van der Waals surface area (Å²) in [6.07, 6.45) is 0.786. The number of rotatable bonds is 4. The molecule has 1 N–H and O–H groups in total. The number of carbonyl (C=O) groups excluding carboxylic acids is 1. The van der Waals surface area contributed by atoms with Crippen molar-refractivity contribution in [3.63, 3.8) is 0 Å². The molecule has 2 aromatic rings. The highest BCUT2D eigenvalue weighted by atomic mass is 79.9. The zero-order valence-electron chi connectivity index (χ0n) is 10.3. The van der Waals surface area contributed by atoms with Crippen molar-refractivity contribution in [3.8, 4) is 0 Å². The highest BCUT2D eigenvalue weighted by Crippen LogP contribution is 2.18. The average molecular weight is 342 g/mol. The first kappa shape index (κ1) is 14.2. The fourth-order valence-corrected chi connectivity index (χ4v) is 3.00. The minimum atomic E-state index is -0.366. The SMILES string of the molecule is CC(Cc1ccsc1)NC(=O)c1ccc(F)cc1Br. The predicted octanol–water partition coefficient (Wildman–Crippen LogP) is 4.01. The molecule has 0 aliphatic carbocycles. The molecule has 0 aliphatic rings.